The smallest absolute Gasteiger partial charge is 0.264 e. The van der Waals surface area contributed by atoms with E-state index < -0.39 is 0 Å². The number of aryl methyl sites for hydroxylation is 2. The molecule has 0 N–H and O–H groups in total. The minimum Gasteiger partial charge on any atom is -0.332 e. The van der Waals surface area contributed by atoms with E-state index in [2.05, 4.69) is 9.88 Å². The van der Waals surface area contributed by atoms with Crippen molar-refractivity contribution in [3.8, 4) is 0 Å². The Kier molecular flexibility index (Phi) is 3.52. The first kappa shape index (κ1) is 14.9. The van der Waals surface area contributed by atoms with Crippen LogP contribution in [-0.4, -0.2) is 32.4 Å². The largest absolute Gasteiger partial charge is 0.332 e. The molecule has 2 fully saturated rings. The Morgan fingerprint density at radius 1 is 1.26 bits per heavy atom. The average Bonchev–Trinajstić information content (AvgIpc) is 3.09. The first-order chi connectivity index (χ1) is 11.1. The Balaban J connectivity index is 1.78. The van der Waals surface area contributed by atoms with E-state index in [1.165, 1.54) is 35.1 Å². The lowest BCUT2D eigenvalue weighted by Gasteiger charge is -2.29. The summed E-state index contributed by atoms with van der Waals surface area (Å²) < 4.78 is 1.48. The van der Waals surface area contributed by atoms with Crippen LogP contribution in [0.5, 0.6) is 0 Å². The Morgan fingerprint density at radius 3 is 2.57 bits per heavy atom. The fourth-order valence-electron chi connectivity index (χ4n) is 3.70. The fraction of sp³-hybridized carbons (Fsp3) is 0.588. The molecule has 2 aromatic heterocycles. The van der Waals surface area contributed by atoms with Crippen LogP contribution in [0.25, 0.3) is 10.2 Å². The second kappa shape index (κ2) is 5.44. The summed E-state index contributed by atoms with van der Waals surface area (Å²) in [6.45, 7) is 1.88. The van der Waals surface area contributed by atoms with Crippen molar-refractivity contribution in [3.05, 3.63) is 27.1 Å². The molecule has 2 saturated carbocycles. The molecule has 0 aromatic carbocycles. The summed E-state index contributed by atoms with van der Waals surface area (Å²) in [5, 5.41) is 0.602. The highest BCUT2D eigenvalue weighted by Gasteiger charge is 2.39. The molecule has 0 radical (unpaired) electrons. The van der Waals surface area contributed by atoms with Crippen molar-refractivity contribution < 1.29 is 4.79 Å². The predicted octanol–water partition coefficient (Wildman–Crippen LogP) is 2.85. The maximum Gasteiger partial charge on any atom is 0.264 e. The molecule has 0 bridgehead atoms. The molecule has 0 unspecified atom stereocenters. The third-order valence-corrected chi connectivity index (χ3v) is 6.29. The van der Waals surface area contributed by atoms with Gasteiger partial charge >= 0.3 is 0 Å². The third kappa shape index (κ3) is 2.40. The van der Waals surface area contributed by atoms with Crippen molar-refractivity contribution >= 4 is 27.5 Å². The molecule has 0 atom stereocenters. The molecule has 23 heavy (non-hydrogen) atoms. The minimum absolute atomic E-state index is 0.0679. The summed E-state index contributed by atoms with van der Waals surface area (Å²) in [5.74, 6) is 0.113. The highest BCUT2D eigenvalue weighted by atomic mass is 32.1. The second-order valence-corrected chi connectivity index (χ2v) is 7.78. The van der Waals surface area contributed by atoms with Gasteiger partial charge in [-0.2, -0.15) is 0 Å². The van der Waals surface area contributed by atoms with Gasteiger partial charge in [0, 0.05) is 19.1 Å². The zero-order chi connectivity index (χ0) is 16.1. The molecule has 2 aromatic rings. The Labute approximate surface area is 138 Å². The molecular weight excluding hydrogens is 310 g/mol. The summed E-state index contributed by atoms with van der Waals surface area (Å²) in [5.41, 5.74) is 0.731. The SMILES string of the molecule is Cc1c(C(=O)N(C2CCCC2)C2CC2)sc2ncn(C)c(=O)c12. The van der Waals surface area contributed by atoms with Crippen LogP contribution in [0.1, 0.15) is 53.8 Å². The lowest BCUT2D eigenvalue weighted by molar-refractivity contribution is 0.0669. The summed E-state index contributed by atoms with van der Waals surface area (Å²) in [6.07, 6.45) is 8.44. The monoisotopic (exact) mass is 331 g/mol. The number of fused-ring (bicyclic) bond motifs is 1. The van der Waals surface area contributed by atoms with Crippen molar-refractivity contribution in [1.82, 2.24) is 14.5 Å². The van der Waals surface area contributed by atoms with Gasteiger partial charge in [0.25, 0.3) is 11.5 Å². The number of nitrogens with zero attached hydrogens (tertiary/aromatic N) is 3. The van der Waals surface area contributed by atoms with Gasteiger partial charge in [-0.05, 0) is 38.2 Å². The maximum atomic E-state index is 13.2. The molecule has 1 amide bonds. The molecule has 2 heterocycles. The van der Waals surface area contributed by atoms with Gasteiger partial charge in [-0.1, -0.05) is 12.8 Å². The number of thiophene rings is 1. The highest BCUT2D eigenvalue weighted by Crippen LogP contribution is 2.37. The van der Waals surface area contributed by atoms with E-state index in [4.69, 9.17) is 0 Å². The standard InChI is InChI=1S/C17H21N3O2S/c1-10-13-15(18-9-19(2)16(13)21)23-14(10)17(22)20(12-7-8-12)11-5-3-4-6-11/h9,11-12H,3-8H2,1-2H3. The average molecular weight is 331 g/mol. The molecule has 2 aliphatic carbocycles. The van der Waals surface area contributed by atoms with E-state index >= 15 is 0 Å². The van der Waals surface area contributed by atoms with Crippen molar-refractivity contribution in [2.75, 3.05) is 0 Å². The molecule has 5 nitrogen and oxygen atoms in total. The number of carbonyl (C=O) groups is 1. The minimum atomic E-state index is -0.0679. The van der Waals surface area contributed by atoms with Crippen molar-refractivity contribution in [2.45, 2.75) is 57.5 Å². The molecule has 6 heteroatoms. The van der Waals surface area contributed by atoms with Crippen LogP contribution in [0.3, 0.4) is 0 Å². The summed E-state index contributed by atoms with van der Waals surface area (Å²) >= 11 is 1.37. The van der Waals surface area contributed by atoms with Crippen LogP contribution in [0.2, 0.25) is 0 Å². The molecule has 122 valence electrons. The van der Waals surface area contributed by atoms with Crippen LogP contribution in [-0.2, 0) is 7.05 Å². The van der Waals surface area contributed by atoms with E-state index in [-0.39, 0.29) is 11.5 Å². The fourth-order valence-corrected chi connectivity index (χ4v) is 4.78. The van der Waals surface area contributed by atoms with E-state index in [0.29, 0.717) is 27.2 Å². The van der Waals surface area contributed by atoms with E-state index in [1.807, 2.05) is 6.92 Å². The maximum absolute atomic E-state index is 13.2. The Bertz CT molecular complexity index is 828. The van der Waals surface area contributed by atoms with Gasteiger partial charge in [0.2, 0.25) is 0 Å². The number of amides is 1. The van der Waals surface area contributed by atoms with Gasteiger partial charge in [0.05, 0.1) is 16.6 Å². The normalized spacial score (nSPS) is 18.7. The van der Waals surface area contributed by atoms with Gasteiger partial charge in [-0.25, -0.2) is 4.98 Å². The Morgan fingerprint density at radius 2 is 1.91 bits per heavy atom. The number of hydrogen-bond donors (Lipinski definition) is 0. The number of aromatic nitrogens is 2. The predicted molar refractivity (Wildman–Crippen MR) is 91.0 cm³/mol. The first-order valence-corrected chi connectivity index (χ1v) is 9.17. The Hall–Kier alpha value is -1.69. The molecule has 0 spiro atoms. The number of rotatable bonds is 3. The van der Waals surface area contributed by atoms with E-state index in [0.717, 1.165) is 31.2 Å². The molecule has 0 saturated heterocycles. The van der Waals surface area contributed by atoms with Crippen molar-refractivity contribution in [2.24, 2.45) is 7.05 Å². The second-order valence-electron chi connectivity index (χ2n) is 6.78. The highest BCUT2D eigenvalue weighted by molar-refractivity contribution is 7.20. The van der Waals surface area contributed by atoms with Crippen LogP contribution >= 0.6 is 11.3 Å². The zero-order valence-electron chi connectivity index (χ0n) is 13.5. The van der Waals surface area contributed by atoms with Crippen molar-refractivity contribution in [1.29, 1.82) is 0 Å². The van der Waals surface area contributed by atoms with Gasteiger partial charge in [0.1, 0.15) is 4.83 Å². The quantitative estimate of drug-likeness (QED) is 0.869. The summed E-state index contributed by atoms with van der Waals surface area (Å²) in [6, 6.07) is 0.793. The van der Waals surface area contributed by atoms with Gasteiger partial charge in [-0.15, -0.1) is 11.3 Å². The molecule has 2 aliphatic rings. The summed E-state index contributed by atoms with van der Waals surface area (Å²) in [4.78, 5) is 33.4. The molecule has 0 aliphatic heterocycles. The van der Waals surface area contributed by atoms with E-state index in [1.54, 1.807) is 7.05 Å². The topological polar surface area (TPSA) is 55.2 Å². The van der Waals surface area contributed by atoms with E-state index in [9.17, 15) is 9.59 Å². The van der Waals surface area contributed by atoms with Gasteiger partial charge in [-0.3, -0.25) is 9.59 Å². The van der Waals surface area contributed by atoms with Crippen molar-refractivity contribution in [3.63, 3.8) is 0 Å². The third-order valence-electron chi connectivity index (χ3n) is 5.10. The lowest BCUT2D eigenvalue weighted by atomic mass is 10.1. The van der Waals surface area contributed by atoms with Gasteiger partial charge < -0.3 is 9.47 Å². The van der Waals surface area contributed by atoms with Crippen LogP contribution in [0.4, 0.5) is 0 Å². The molecular formula is C17H21N3O2S. The van der Waals surface area contributed by atoms with Crippen LogP contribution < -0.4 is 5.56 Å². The lowest BCUT2D eigenvalue weighted by Crippen LogP contribution is -2.40. The van der Waals surface area contributed by atoms with Crippen LogP contribution in [0.15, 0.2) is 11.1 Å². The summed E-state index contributed by atoms with van der Waals surface area (Å²) in [7, 11) is 1.70. The van der Waals surface area contributed by atoms with Crippen LogP contribution in [0, 0.1) is 6.92 Å². The zero-order valence-corrected chi connectivity index (χ0v) is 14.4. The number of hydrogen-bond acceptors (Lipinski definition) is 4. The number of carbonyl (C=O) groups excluding carboxylic acids is 1. The first-order valence-electron chi connectivity index (χ1n) is 8.35. The molecule has 4 rings (SSSR count). The van der Waals surface area contributed by atoms with Gasteiger partial charge in [0.15, 0.2) is 0 Å².